The molecule has 0 spiro atoms. The molecule has 1 aliphatic rings. The highest BCUT2D eigenvalue weighted by atomic mass is 32.1. The largest absolute Gasteiger partial charge is 0.367 e. The summed E-state index contributed by atoms with van der Waals surface area (Å²) in [7, 11) is 0. The number of hydrogen-bond acceptors (Lipinski definition) is 3. The van der Waals surface area contributed by atoms with Crippen LogP contribution < -0.4 is 0 Å². The SMILES string of the molecule is CCOC1(C(=O)Cc2csc3ccccc23)CCCC1. The number of ketones is 1. The fourth-order valence-electron chi connectivity index (χ4n) is 3.23. The Kier molecular flexibility index (Phi) is 3.90. The van der Waals surface area contributed by atoms with Gasteiger partial charge in [-0.2, -0.15) is 0 Å². The molecule has 1 heterocycles. The first-order chi connectivity index (χ1) is 9.75. The minimum absolute atomic E-state index is 0.264. The first kappa shape index (κ1) is 13.8. The Morgan fingerprint density at radius 2 is 2.05 bits per heavy atom. The van der Waals surface area contributed by atoms with Gasteiger partial charge in [0.2, 0.25) is 0 Å². The molecule has 106 valence electrons. The number of rotatable bonds is 5. The molecule has 20 heavy (non-hydrogen) atoms. The zero-order valence-electron chi connectivity index (χ0n) is 11.9. The molecule has 0 saturated heterocycles. The van der Waals surface area contributed by atoms with Gasteiger partial charge >= 0.3 is 0 Å². The van der Waals surface area contributed by atoms with Crippen LogP contribution in [0.15, 0.2) is 29.6 Å². The number of ether oxygens (including phenoxy) is 1. The number of fused-ring (bicyclic) bond motifs is 1. The summed E-state index contributed by atoms with van der Waals surface area (Å²) in [5.41, 5.74) is 0.652. The van der Waals surface area contributed by atoms with Crippen molar-refractivity contribution in [2.75, 3.05) is 6.61 Å². The maximum atomic E-state index is 12.7. The lowest BCUT2D eigenvalue weighted by Gasteiger charge is -2.27. The van der Waals surface area contributed by atoms with Gasteiger partial charge in [0.1, 0.15) is 5.60 Å². The van der Waals surface area contributed by atoms with Crippen molar-refractivity contribution < 1.29 is 9.53 Å². The molecule has 0 unspecified atom stereocenters. The third-order valence-electron chi connectivity index (χ3n) is 4.25. The van der Waals surface area contributed by atoms with E-state index in [4.69, 9.17) is 4.74 Å². The van der Waals surface area contributed by atoms with Gasteiger partial charge in [0.15, 0.2) is 5.78 Å². The average Bonchev–Trinajstić information content (AvgIpc) is 3.08. The lowest BCUT2D eigenvalue weighted by molar-refractivity contribution is -0.142. The fourth-order valence-corrected chi connectivity index (χ4v) is 4.19. The molecule has 1 fully saturated rings. The van der Waals surface area contributed by atoms with E-state index in [0.717, 1.165) is 31.2 Å². The number of Topliss-reactive ketones (excluding diaryl/α,β-unsaturated/α-hetero) is 1. The van der Waals surface area contributed by atoms with E-state index < -0.39 is 5.60 Å². The van der Waals surface area contributed by atoms with Gasteiger partial charge in [0, 0.05) is 17.7 Å². The number of carbonyl (C=O) groups excluding carboxylic acids is 1. The Morgan fingerprint density at radius 1 is 1.30 bits per heavy atom. The summed E-state index contributed by atoms with van der Waals surface area (Å²) in [5.74, 6) is 0.264. The summed E-state index contributed by atoms with van der Waals surface area (Å²) in [6, 6.07) is 8.30. The van der Waals surface area contributed by atoms with Gasteiger partial charge in [-0.25, -0.2) is 0 Å². The summed E-state index contributed by atoms with van der Waals surface area (Å²) < 4.78 is 7.12. The second-order valence-electron chi connectivity index (χ2n) is 5.49. The third kappa shape index (κ3) is 2.40. The van der Waals surface area contributed by atoms with Crippen LogP contribution in [0.5, 0.6) is 0 Å². The van der Waals surface area contributed by atoms with Gasteiger partial charge < -0.3 is 4.74 Å². The van der Waals surface area contributed by atoms with Crippen LogP contribution in [0.25, 0.3) is 10.1 Å². The van der Waals surface area contributed by atoms with Gasteiger partial charge in [-0.15, -0.1) is 11.3 Å². The molecule has 0 bridgehead atoms. The maximum Gasteiger partial charge on any atom is 0.169 e. The summed E-state index contributed by atoms with van der Waals surface area (Å²) in [6.07, 6.45) is 4.50. The highest BCUT2D eigenvalue weighted by Crippen LogP contribution is 2.36. The second kappa shape index (κ2) is 5.66. The molecular weight excluding hydrogens is 268 g/mol. The first-order valence-corrected chi connectivity index (χ1v) is 8.25. The molecule has 0 N–H and O–H groups in total. The molecule has 1 aromatic heterocycles. The minimum atomic E-state index is -0.502. The maximum absolute atomic E-state index is 12.7. The van der Waals surface area contributed by atoms with Crippen LogP contribution >= 0.6 is 11.3 Å². The smallest absolute Gasteiger partial charge is 0.169 e. The van der Waals surface area contributed by atoms with Crippen molar-refractivity contribution in [3.63, 3.8) is 0 Å². The predicted octanol–water partition coefficient (Wildman–Crippen LogP) is 4.36. The molecule has 0 atom stereocenters. The van der Waals surface area contributed by atoms with Crippen LogP contribution in [0.4, 0.5) is 0 Å². The lowest BCUT2D eigenvalue weighted by atomic mass is 9.91. The number of thiophene rings is 1. The molecule has 3 heteroatoms. The summed E-state index contributed by atoms with van der Waals surface area (Å²) >= 11 is 1.72. The third-order valence-corrected chi connectivity index (χ3v) is 5.26. The van der Waals surface area contributed by atoms with E-state index in [9.17, 15) is 4.79 Å². The van der Waals surface area contributed by atoms with Crippen molar-refractivity contribution >= 4 is 27.2 Å². The Hall–Kier alpha value is -1.19. The van der Waals surface area contributed by atoms with Crippen LogP contribution in [-0.2, 0) is 16.0 Å². The van der Waals surface area contributed by atoms with E-state index in [0.29, 0.717) is 13.0 Å². The molecule has 1 saturated carbocycles. The monoisotopic (exact) mass is 288 g/mol. The Bertz CT molecular complexity index is 608. The quantitative estimate of drug-likeness (QED) is 0.817. The van der Waals surface area contributed by atoms with Crippen molar-refractivity contribution in [2.24, 2.45) is 0 Å². The second-order valence-corrected chi connectivity index (χ2v) is 6.40. The standard InChI is InChI=1S/C17H20O2S/c1-2-19-17(9-5-6-10-17)16(18)11-13-12-20-15-8-4-3-7-14(13)15/h3-4,7-8,12H,2,5-6,9-11H2,1H3. The lowest BCUT2D eigenvalue weighted by Crippen LogP contribution is -2.40. The zero-order chi connectivity index (χ0) is 14.0. The molecule has 0 amide bonds. The Balaban J connectivity index is 1.84. The number of hydrogen-bond donors (Lipinski definition) is 0. The topological polar surface area (TPSA) is 26.3 Å². The van der Waals surface area contributed by atoms with Gasteiger partial charge in [0.25, 0.3) is 0 Å². The fraction of sp³-hybridized carbons (Fsp3) is 0.471. The highest BCUT2D eigenvalue weighted by Gasteiger charge is 2.41. The van der Waals surface area contributed by atoms with Crippen molar-refractivity contribution in [1.82, 2.24) is 0 Å². The average molecular weight is 288 g/mol. The van der Waals surface area contributed by atoms with Crippen LogP contribution in [0, 0.1) is 0 Å². The van der Waals surface area contributed by atoms with Crippen molar-refractivity contribution in [3.8, 4) is 0 Å². The van der Waals surface area contributed by atoms with Gasteiger partial charge in [-0.1, -0.05) is 18.2 Å². The molecule has 1 aliphatic carbocycles. The van der Waals surface area contributed by atoms with Crippen molar-refractivity contribution in [3.05, 3.63) is 35.2 Å². The molecule has 1 aromatic carbocycles. The molecular formula is C17H20O2S. The van der Waals surface area contributed by atoms with Gasteiger partial charge in [-0.05, 0) is 55.0 Å². The molecule has 2 nitrogen and oxygen atoms in total. The Labute approximate surface area is 123 Å². The van der Waals surface area contributed by atoms with Crippen molar-refractivity contribution in [2.45, 2.75) is 44.6 Å². The zero-order valence-corrected chi connectivity index (χ0v) is 12.7. The van der Waals surface area contributed by atoms with E-state index in [2.05, 4.69) is 17.5 Å². The molecule has 0 radical (unpaired) electrons. The van der Waals surface area contributed by atoms with E-state index in [1.807, 2.05) is 19.1 Å². The van der Waals surface area contributed by atoms with Gasteiger partial charge in [0.05, 0.1) is 0 Å². The van der Waals surface area contributed by atoms with E-state index >= 15 is 0 Å². The van der Waals surface area contributed by atoms with Crippen molar-refractivity contribution in [1.29, 1.82) is 0 Å². The summed E-state index contributed by atoms with van der Waals surface area (Å²) in [6.45, 7) is 2.60. The van der Waals surface area contributed by atoms with Gasteiger partial charge in [-0.3, -0.25) is 4.79 Å². The first-order valence-electron chi connectivity index (χ1n) is 7.37. The van der Waals surface area contributed by atoms with Crippen LogP contribution in [0.3, 0.4) is 0 Å². The number of benzene rings is 1. The van der Waals surface area contributed by atoms with Crippen LogP contribution in [0.1, 0.15) is 38.2 Å². The van der Waals surface area contributed by atoms with E-state index in [1.54, 1.807) is 11.3 Å². The molecule has 0 aliphatic heterocycles. The highest BCUT2D eigenvalue weighted by molar-refractivity contribution is 7.17. The summed E-state index contributed by atoms with van der Waals surface area (Å²) in [5, 5.41) is 3.34. The number of carbonyl (C=O) groups is 1. The van der Waals surface area contributed by atoms with E-state index in [-0.39, 0.29) is 5.78 Å². The van der Waals surface area contributed by atoms with E-state index in [1.165, 1.54) is 10.1 Å². The van der Waals surface area contributed by atoms with Crippen LogP contribution in [0.2, 0.25) is 0 Å². The van der Waals surface area contributed by atoms with Crippen LogP contribution in [-0.4, -0.2) is 18.0 Å². The predicted molar refractivity (Wildman–Crippen MR) is 83.4 cm³/mol. The molecule has 2 aromatic rings. The minimum Gasteiger partial charge on any atom is -0.367 e. The normalized spacial score (nSPS) is 17.6. The summed E-state index contributed by atoms with van der Waals surface area (Å²) in [4.78, 5) is 12.7. The Morgan fingerprint density at radius 3 is 2.80 bits per heavy atom. The molecule has 3 rings (SSSR count).